The van der Waals surface area contributed by atoms with Crippen molar-refractivity contribution >= 4 is 23.6 Å². The number of carbonyl (C=O) groups excluding carboxylic acids is 2. The van der Waals surface area contributed by atoms with Crippen molar-refractivity contribution in [2.24, 2.45) is 5.10 Å². The van der Waals surface area contributed by atoms with E-state index in [4.69, 9.17) is 10.3 Å². The average molecular weight is 272 g/mol. The third-order valence-corrected chi connectivity index (χ3v) is 2.48. The Hall–Kier alpha value is -2.96. The fourth-order valence-corrected chi connectivity index (χ4v) is 1.52. The highest BCUT2D eigenvalue weighted by Crippen LogP contribution is 2.20. The van der Waals surface area contributed by atoms with E-state index < -0.39 is 11.7 Å². The molecule has 0 saturated carbocycles. The highest BCUT2D eigenvalue weighted by atomic mass is 16.5. The van der Waals surface area contributed by atoms with Crippen LogP contribution in [0.5, 0.6) is 0 Å². The number of carbonyl (C=O) groups is 2. The first-order valence-electron chi connectivity index (χ1n) is 5.78. The molecule has 1 heterocycles. The third kappa shape index (κ3) is 2.56. The number of nitrogen functional groups attached to an aromatic ring is 1. The number of hydrogen-bond acceptors (Lipinski definition) is 6. The van der Waals surface area contributed by atoms with Crippen LogP contribution >= 0.6 is 0 Å². The van der Waals surface area contributed by atoms with E-state index in [-0.39, 0.29) is 17.1 Å². The van der Waals surface area contributed by atoms with Crippen molar-refractivity contribution in [2.75, 3.05) is 5.73 Å². The molecule has 0 bridgehead atoms. The first-order chi connectivity index (χ1) is 9.65. The van der Waals surface area contributed by atoms with Crippen LogP contribution in [0.15, 0.2) is 40.0 Å². The number of benzene rings is 1. The van der Waals surface area contributed by atoms with Gasteiger partial charge in [0, 0.05) is 11.8 Å². The summed E-state index contributed by atoms with van der Waals surface area (Å²) in [5, 5.41) is 7.06. The molecule has 0 spiro atoms. The molecule has 20 heavy (non-hydrogen) atoms. The van der Waals surface area contributed by atoms with E-state index in [1.165, 1.54) is 6.21 Å². The average Bonchev–Trinajstić information content (AvgIpc) is 2.86. The summed E-state index contributed by atoms with van der Waals surface area (Å²) in [6, 6.07) is 8.44. The van der Waals surface area contributed by atoms with Gasteiger partial charge in [0.2, 0.25) is 11.5 Å². The Morgan fingerprint density at radius 2 is 2.05 bits per heavy atom. The van der Waals surface area contributed by atoms with E-state index in [1.807, 2.05) is 0 Å². The number of anilines is 1. The highest BCUT2D eigenvalue weighted by molar-refractivity contribution is 6.12. The number of aromatic nitrogens is 1. The molecule has 2 rings (SSSR count). The van der Waals surface area contributed by atoms with Crippen molar-refractivity contribution in [1.82, 2.24) is 10.6 Å². The molecule has 0 atom stereocenters. The monoisotopic (exact) mass is 272 g/mol. The van der Waals surface area contributed by atoms with Crippen LogP contribution < -0.4 is 11.2 Å². The summed E-state index contributed by atoms with van der Waals surface area (Å²) in [7, 11) is 0. The summed E-state index contributed by atoms with van der Waals surface area (Å²) < 4.78 is 4.88. The number of nitrogens with two attached hydrogens (primary N) is 1. The van der Waals surface area contributed by atoms with Gasteiger partial charge >= 0.3 is 0 Å². The Bertz CT molecular complexity index is 662. The van der Waals surface area contributed by atoms with Crippen LogP contribution in [-0.2, 0) is 0 Å². The third-order valence-electron chi connectivity index (χ3n) is 2.48. The van der Waals surface area contributed by atoms with Gasteiger partial charge in [-0.15, -0.1) is 0 Å². The van der Waals surface area contributed by atoms with E-state index in [0.717, 1.165) is 0 Å². The molecule has 1 amide bonds. The fourth-order valence-electron chi connectivity index (χ4n) is 1.52. The zero-order valence-corrected chi connectivity index (χ0v) is 10.7. The van der Waals surface area contributed by atoms with Crippen molar-refractivity contribution in [3.8, 4) is 0 Å². The summed E-state index contributed by atoms with van der Waals surface area (Å²) >= 11 is 0. The summed E-state index contributed by atoms with van der Waals surface area (Å²) in [4.78, 5) is 23.8. The standard InChI is InChI=1S/C13H12N4O3/c1-2-15-16-13(19)10-9(14)12(20-17-10)11(18)8-6-4-3-5-7-8/h2-7H,14H2,1H3,(H,16,19)/b15-2+. The predicted molar refractivity (Wildman–Crippen MR) is 72.4 cm³/mol. The first-order valence-corrected chi connectivity index (χ1v) is 5.78. The van der Waals surface area contributed by atoms with Crippen molar-refractivity contribution in [3.63, 3.8) is 0 Å². The van der Waals surface area contributed by atoms with Crippen LogP contribution in [0.4, 0.5) is 5.69 Å². The Morgan fingerprint density at radius 1 is 1.35 bits per heavy atom. The molecule has 0 aliphatic heterocycles. The summed E-state index contributed by atoms with van der Waals surface area (Å²) in [6.07, 6.45) is 1.39. The van der Waals surface area contributed by atoms with E-state index in [1.54, 1.807) is 37.3 Å². The van der Waals surface area contributed by atoms with Gasteiger partial charge in [-0.05, 0) is 6.92 Å². The van der Waals surface area contributed by atoms with Crippen molar-refractivity contribution in [3.05, 3.63) is 47.3 Å². The largest absolute Gasteiger partial charge is 0.393 e. The molecular weight excluding hydrogens is 260 g/mol. The molecule has 0 radical (unpaired) electrons. The smallest absolute Gasteiger partial charge is 0.295 e. The molecule has 1 aromatic heterocycles. The minimum atomic E-state index is -0.642. The van der Waals surface area contributed by atoms with Gasteiger partial charge in [-0.1, -0.05) is 35.5 Å². The molecule has 2 aromatic rings. The number of hydrogen-bond donors (Lipinski definition) is 2. The summed E-state index contributed by atoms with van der Waals surface area (Å²) in [5.41, 5.74) is 8.04. The normalized spacial score (nSPS) is 10.7. The molecule has 1 aromatic carbocycles. The Kier molecular flexibility index (Phi) is 3.90. The molecule has 7 nitrogen and oxygen atoms in total. The molecule has 0 aliphatic rings. The van der Waals surface area contributed by atoms with Crippen molar-refractivity contribution < 1.29 is 14.1 Å². The van der Waals surface area contributed by atoms with Gasteiger partial charge in [-0.25, -0.2) is 5.43 Å². The zero-order valence-electron chi connectivity index (χ0n) is 10.7. The molecular formula is C13H12N4O3. The number of ketones is 1. The second kappa shape index (κ2) is 5.79. The van der Waals surface area contributed by atoms with E-state index >= 15 is 0 Å². The van der Waals surface area contributed by atoms with Crippen LogP contribution in [0.2, 0.25) is 0 Å². The van der Waals surface area contributed by atoms with Gasteiger partial charge in [0.15, 0.2) is 5.69 Å². The minimum absolute atomic E-state index is 0.109. The van der Waals surface area contributed by atoms with Crippen LogP contribution in [0, 0.1) is 0 Å². The summed E-state index contributed by atoms with van der Waals surface area (Å²) in [6.45, 7) is 1.64. The molecule has 0 saturated heterocycles. The lowest BCUT2D eigenvalue weighted by atomic mass is 10.1. The Morgan fingerprint density at radius 3 is 2.70 bits per heavy atom. The maximum absolute atomic E-state index is 12.1. The van der Waals surface area contributed by atoms with Gasteiger partial charge in [0.05, 0.1) is 0 Å². The lowest BCUT2D eigenvalue weighted by molar-refractivity contribution is 0.0942. The molecule has 0 unspecified atom stereocenters. The van der Waals surface area contributed by atoms with Crippen molar-refractivity contribution in [1.29, 1.82) is 0 Å². The quantitative estimate of drug-likeness (QED) is 0.494. The second-order valence-electron chi connectivity index (χ2n) is 3.80. The molecule has 3 N–H and O–H groups in total. The predicted octanol–water partition coefficient (Wildman–Crippen LogP) is 1.22. The highest BCUT2D eigenvalue weighted by Gasteiger charge is 2.24. The van der Waals surface area contributed by atoms with Gasteiger partial charge in [0.25, 0.3) is 5.91 Å². The molecule has 102 valence electrons. The lowest BCUT2D eigenvalue weighted by Crippen LogP contribution is -2.19. The van der Waals surface area contributed by atoms with E-state index in [2.05, 4.69) is 15.7 Å². The van der Waals surface area contributed by atoms with Gasteiger partial charge in [0.1, 0.15) is 5.69 Å². The maximum atomic E-state index is 12.1. The van der Waals surface area contributed by atoms with Crippen molar-refractivity contribution in [2.45, 2.75) is 6.92 Å². The minimum Gasteiger partial charge on any atom is -0.393 e. The molecule has 7 heteroatoms. The topological polar surface area (TPSA) is 111 Å². The van der Waals surface area contributed by atoms with Crippen LogP contribution in [-0.4, -0.2) is 23.1 Å². The molecule has 0 fully saturated rings. The number of rotatable bonds is 4. The van der Waals surface area contributed by atoms with Crippen LogP contribution in [0.1, 0.15) is 33.5 Å². The van der Waals surface area contributed by atoms with Gasteiger partial charge in [-0.2, -0.15) is 5.10 Å². The Balaban J connectivity index is 2.29. The summed E-state index contributed by atoms with van der Waals surface area (Å²) in [5.74, 6) is -1.24. The number of nitrogens with zero attached hydrogens (tertiary/aromatic N) is 2. The van der Waals surface area contributed by atoms with Gasteiger partial charge < -0.3 is 10.3 Å². The van der Waals surface area contributed by atoms with E-state index in [9.17, 15) is 9.59 Å². The number of nitrogens with one attached hydrogen (secondary N) is 1. The SMILES string of the molecule is C/C=N/NC(=O)c1noc(C(=O)c2ccccc2)c1N. The van der Waals surface area contributed by atoms with Gasteiger partial charge in [-0.3, -0.25) is 9.59 Å². The lowest BCUT2D eigenvalue weighted by Gasteiger charge is -1.98. The first kappa shape index (κ1) is 13.5. The number of hydrazone groups is 1. The van der Waals surface area contributed by atoms with Crippen LogP contribution in [0.25, 0.3) is 0 Å². The number of amides is 1. The van der Waals surface area contributed by atoms with Crippen LogP contribution in [0.3, 0.4) is 0 Å². The Labute approximate surface area is 114 Å². The zero-order chi connectivity index (χ0) is 14.5. The second-order valence-corrected chi connectivity index (χ2v) is 3.80. The fraction of sp³-hybridized carbons (Fsp3) is 0.0769. The maximum Gasteiger partial charge on any atom is 0.295 e. The molecule has 0 aliphatic carbocycles. The van der Waals surface area contributed by atoms with E-state index in [0.29, 0.717) is 5.56 Å².